The number of aromatic nitrogens is 3. The Morgan fingerprint density at radius 3 is 2.57 bits per heavy atom. The van der Waals surface area contributed by atoms with E-state index in [-0.39, 0.29) is 12.6 Å². The highest BCUT2D eigenvalue weighted by molar-refractivity contribution is 7.98. The van der Waals surface area contributed by atoms with Crippen LogP contribution in [0.5, 0.6) is 5.75 Å². The minimum absolute atomic E-state index is 0.238. The average Bonchev–Trinajstić information content (AvgIpc) is 3.05. The maximum atomic E-state index is 11.5. The van der Waals surface area contributed by atoms with Gasteiger partial charge in [0.1, 0.15) is 12.4 Å². The predicted octanol–water partition coefficient (Wildman–Crippen LogP) is 3.27. The molecule has 2 N–H and O–H groups in total. The molecular formula is C20H22N4O3S. The molecule has 3 aromatic rings. The van der Waals surface area contributed by atoms with Gasteiger partial charge in [-0.05, 0) is 43.2 Å². The molecule has 0 unspecified atom stereocenters. The number of nitrogen functional groups attached to an aromatic ring is 1. The zero-order valence-electron chi connectivity index (χ0n) is 16.0. The lowest BCUT2D eigenvalue weighted by Gasteiger charge is -2.09. The van der Waals surface area contributed by atoms with Gasteiger partial charge in [-0.25, -0.2) is 9.47 Å². The van der Waals surface area contributed by atoms with Gasteiger partial charge in [0.05, 0.1) is 12.7 Å². The summed E-state index contributed by atoms with van der Waals surface area (Å²) in [5, 5.41) is 8.85. The quantitative estimate of drug-likeness (QED) is 0.371. The molecule has 0 radical (unpaired) electrons. The second-order valence-corrected chi connectivity index (χ2v) is 7.25. The minimum Gasteiger partial charge on any atom is -0.485 e. The highest BCUT2D eigenvalue weighted by Crippen LogP contribution is 2.23. The molecule has 0 amide bonds. The van der Waals surface area contributed by atoms with E-state index in [4.69, 9.17) is 15.3 Å². The van der Waals surface area contributed by atoms with Crippen LogP contribution >= 0.6 is 11.8 Å². The SMILES string of the molecule is COC(=O)c1ccc(CSc2nnc(COc3ccc(C)cc3C)n2N)cc1. The molecule has 146 valence electrons. The van der Waals surface area contributed by atoms with Gasteiger partial charge in [-0.3, -0.25) is 0 Å². The smallest absolute Gasteiger partial charge is 0.337 e. The number of aryl methyl sites for hydroxylation is 2. The summed E-state index contributed by atoms with van der Waals surface area (Å²) in [4.78, 5) is 11.5. The van der Waals surface area contributed by atoms with Gasteiger partial charge < -0.3 is 15.3 Å². The second kappa shape index (κ2) is 8.79. The number of nitrogens with two attached hydrogens (primary N) is 1. The molecule has 0 aliphatic rings. The Labute approximate surface area is 167 Å². The first-order valence-electron chi connectivity index (χ1n) is 8.67. The Morgan fingerprint density at radius 2 is 1.89 bits per heavy atom. The van der Waals surface area contributed by atoms with Gasteiger partial charge in [0, 0.05) is 5.75 Å². The summed E-state index contributed by atoms with van der Waals surface area (Å²) in [5.74, 6) is 7.74. The van der Waals surface area contributed by atoms with Crippen LogP contribution in [0.1, 0.15) is 32.9 Å². The molecule has 0 aliphatic heterocycles. The van der Waals surface area contributed by atoms with E-state index in [0.29, 0.717) is 22.3 Å². The van der Waals surface area contributed by atoms with Crippen molar-refractivity contribution in [3.8, 4) is 5.75 Å². The van der Waals surface area contributed by atoms with Crippen molar-refractivity contribution in [3.63, 3.8) is 0 Å². The lowest BCUT2D eigenvalue weighted by Crippen LogP contribution is -2.16. The van der Waals surface area contributed by atoms with E-state index in [1.165, 1.54) is 29.1 Å². The fraction of sp³-hybridized carbons (Fsp3) is 0.250. The van der Waals surface area contributed by atoms with Crippen LogP contribution in [0.4, 0.5) is 0 Å². The van der Waals surface area contributed by atoms with Gasteiger partial charge in [-0.2, -0.15) is 0 Å². The Bertz CT molecular complexity index is 970. The van der Waals surface area contributed by atoms with Crippen LogP contribution in [0.3, 0.4) is 0 Å². The Hall–Kier alpha value is -3.00. The molecule has 0 atom stereocenters. The van der Waals surface area contributed by atoms with Crippen molar-refractivity contribution in [2.24, 2.45) is 0 Å². The zero-order chi connectivity index (χ0) is 20.1. The highest BCUT2D eigenvalue weighted by Gasteiger charge is 2.12. The first-order valence-corrected chi connectivity index (χ1v) is 9.66. The first-order chi connectivity index (χ1) is 13.5. The van der Waals surface area contributed by atoms with E-state index < -0.39 is 0 Å². The van der Waals surface area contributed by atoms with Crippen molar-refractivity contribution in [1.29, 1.82) is 0 Å². The average molecular weight is 398 g/mol. The summed E-state index contributed by atoms with van der Waals surface area (Å²) in [5.41, 5.74) is 3.80. The van der Waals surface area contributed by atoms with Crippen LogP contribution in [0.2, 0.25) is 0 Å². The van der Waals surface area contributed by atoms with Crippen molar-refractivity contribution < 1.29 is 14.3 Å². The largest absolute Gasteiger partial charge is 0.485 e. The van der Waals surface area contributed by atoms with Crippen molar-refractivity contribution in [1.82, 2.24) is 14.9 Å². The fourth-order valence-electron chi connectivity index (χ4n) is 2.61. The number of carbonyl (C=O) groups excluding carboxylic acids is 1. The molecule has 0 fully saturated rings. The van der Waals surface area contributed by atoms with Crippen molar-refractivity contribution in [2.45, 2.75) is 31.4 Å². The van der Waals surface area contributed by atoms with Gasteiger partial charge in [-0.15, -0.1) is 10.2 Å². The maximum absolute atomic E-state index is 11.5. The molecular weight excluding hydrogens is 376 g/mol. The van der Waals surface area contributed by atoms with E-state index in [1.807, 2.05) is 38.1 Å². The number of carbonyl (C=O) groups is 1. The number of ether oxygens (including phenoxy) is 2. The number of nitrogens with zero attached hydrogens (tertiary/aromatic N) is 3. The number of hydrogen-bond acceptors (Lipinski definition) is 7. The highest BCUT2D eigenvalue weighted by atomic mass is 32.2. The molecule has 0 spiro atoms. The zero-order valence-corrected chi connectivity index (χ0v) is 16.8. The Kier molecular flexibility index (Phi) is 6.20. The van der Waals surface area contributed by atoms with Gasteiger partial charge in [0.2, 0.25) is 5.16 Å². The normalized spacial score (nSPS) is 10.7. The predicted molar refractivity (Wildman–Crippen MR) is 108 cm³/mol. The van der Waals surface area contributed by atoms with Crippen LogP contribution in [0, 0.1) is 13.8 Å². The summed E-state index contributed by atoms with van der Waals surface area (Å²) in [6, 6.07) is 13.2. The van der Waals surface area contributed by atoms with Crippen LogP contribution in [0.15, 0.2) is 47.6 Å². The number of esters is 1. The molecule has 7 nitrogen and oxygen atoms in total. The van der Waals surface area contributed by atoms with Gasteiger partial charge in [0.15, 0.2) is 5.82 Å². The van der Waals surface area contributed by atoms with Crippen LogP contribution in [-0.2, 0) is 17.1 Å². The van der Waals surface area contributed by atoms with E-state index in [9.17, 15) is 4.79 Å². The number of thioether (sulfide) groups is 1. The van der Waals surface area contributed by atoms with E-state index >= 15 is 0 Å². The van der Waals surface area contributed by atoms with E-state index in [2.05, 4.69) is 16.3 Å². The molecule has 28 heavy (non-hydrogen) atoms. The van der Waals surface area contributed by atoms with E-state index in [1.54, 1.807) is 12.1 Å². The van der Waals surface area contributed by atoms with Crippen molar-refractivity contribution in [2.75, 3.05) is 13.0 Å². The third-order valence-corrected chi connectivity index (χ3v) is 5.18. The first kappa shape index (κ1) is 19.8. The number of benzene rings is 2. The monoisotopic (exact) mass is 398 g/mol. The van der Waals surface area contributed by atoms with Gasteiger partial charge in [-0.1, -0.05) is 41.6 Å². The summed E-state index contributed by atoms with van der Waals surface area (Å²) in [7, 11) is 1.36. The molecule has 1 aromatic heterocycles. The lowest BCUT2D eigenvalue weighted by atomic mass is 10.1. The van der Waals surface area contributed by atoms with Crippen molar-refractivity contribution in [3.05, 3.63) is 70.5 Å². The van der Waals surface area contributed by atoms with Crippen LogP contribution < -0.4 is 10.6 Å². The summed E-state index contributed by atoms with van der Waals surface area (Å²) in [6.07, 6.45) is 0. The molecule has 0 aliphatic carbocycles. The molecule has 0 saturated carbocycles. The molecule has 3 rings (SSSR count). The Morgan fingerprint density at radius 1 is 1.14 bits per heavy atom. The second-order valence-electron chi connectivity index (χ2n) is 6.30. The van der Waals surface area contributed by atoms with Crippen LogP contribution in [-0.4, -0.2) is 28.0 Å². The van der Waals surface area contributed by atoms with E-state index in [0.717, 1.165) is 16.9 Å². The summed E-state index contributed by atoms with van der Waals surface area (Å²) < 4.78 is 12.0. The number of rotatable bonds is 7. The molecule has 1 heterocycles. The third kappa shape index (κ3) is 4.64. The number of methoxy groups -OCH3 is 1. The number of hydrogen-bond donors (Lipinski definition) is 1. The fourth-order valence-corrected chi connectivity index (χ4v) is 3.44. The summed E-state index contributed by atoms with van der Waals surface area (Å²) in [6.45, 7) is 4.28. The molecule has 0 saturated heterocycles. The van der Waals surface area contributed by atoms with Crippen molar-refractivity contribution >= 4 is 17.7 Å². The van der Waals surface area contributed by atoms with Gasteiger partial charge in [0.25, 0.3) is 0 Å². The standard InChI is InChI=1S/C20H22N4O3S/c1-13-4-9-17(14(2)10-13)27-11-18-22-23-20(24(18)21)28-12-15-5-7-16(8-6-15)19(25)26-3/h4-10H,11-12,21H2,1-3H3. The Balaban J connectivity index is 1.59. The topological polar surface area (TPSA) is 92.3 Å². The van der Waals surface area contributed by atoms with Gasteiger partial charge >= 0.3 is 5.97 Å². The third-order valence-electron chi connectivity index (χ3n) is 4.17. The lowest BCUT2D eigenvalue weighted by molar-refractivity contribution is 0.0600. The minimum atomic E-state index is -0.352. The molecule has 2 aromatic carbocycles. The summed E-state index contributed by atoms with van der Waals surface area (Å²) >= 11 is 1.46. The molecule has 0 bridgehead atoms. The van der Waals surface area contributed by atoms with Crippen LogP contribution in [0.25, 0.3) is 0 Å². The molecule has 8 heteroatoms. The maximum Gasteiger partial charge on any atom is 0.337 e.